The van der Waals surface area contributed by atoms with Crippen LogP contribution < -0.4 is 42.5 Å². The molecule has 0 radical (unpaired) electrons. The molecule has 17 unspecified atom stereocenters. The van der Waals surface area contributed by atoms with Gasteiger partial charge in [0.05, 0.1) is 0 Å². The van der Waals surface area contributed by atoms with Crippen LogP contribution in [0.1, 0.15) is 96.3 Å². The molecule has 9 rings (SSSR count). The van der Waals surface area contributed by atoms with Crippen molar-refractivity contribution in [3.63, 3.8) is 0 Å². The Kier molecular flexibility index (Phi) is 7.71. The van der Waals surface area contributed by atoms with E-state index in [4.69, 9.17) is 0 Å². The second kappa shape index (κ2) is 11.4. The van der Waals surface area contributed by atoms with Crippen LogP contribution in [0.15, 0.2) is 0 Å². The zero-order chi connectivity index (χ0) is 27.1. The first-order valence-corrected chi connectivity index (χ1v) is 20.0. The van der Waals surface area contributed by atoms with Gasteiger partial charge < -0.3 is 0 Å². The molecule has 8 nitrogen and oxygen atoms in total. The Morgan fingerprint density at radius 1 is 0.293 bits per heavy atom. The molecule has 9 aliphatic rings. The molecule has 9 fully saturated rings. The van der Waals surface area contributed by atoms with E-state index >= 15 is 0 Å². The molecule has 4 aliphatic carbocycles. The Balaban J connectivity index is 1.06. The Labute approximate surface area is 261 Å². The fraction of sp³-hybridized carbons (Fsp3) is 1.00. The average molecular weight is 676 g/mol. The third kappa shape index (κ3) is 4.83. The van der Waals surface area contributed by atoms with Gasteiger partial charge >= 0.3 is 256 Å². The van der Waals surface area contributed by atoms with Gasteiger partial charge in [0.25, 0.3) is 0 Å². The second-order valence-corrected chi connectivity index (χ2v) is 18.3. The quantitative estimate of drug-likeness (QED) is 0.184. The van der Waals surface area contributed by atoms with E-state index in [0.29, 0.717) is 49.3 Å². The molecule has 5 aliphatic heterocycles. The summed E-state index contributed by atoms with van der Waals surface area (Å²) in [6.07, 6.45) is 24.3. The molecule has 0 aromatic rings. The summed E-state index contributed by atoms with van der Waals surface area (Å²) in [5.41, 5.74) is 0. The Morgan fingerprint density at radius 3 is 0.902 bits per heavy atom. The van der Waals surface area contributed by atoms with Crippen molar-refractivity contribution < 1.29 is 0 Å². The maximum atomic E-state index is 4.31. The van der Waals surface area contributed by atoms with Crippen LogP contribution in [-0.4, -0.2) is 72.3 Å². The number of fused-ring (bicyclic) bond motifs is 20. The number of nitrogens with one attached hydrogen (secondary N) is 8. The van der Waals surface area contributed by atoms with Crippen molar-refractivity contribution in [1.82, 2.24) is 42.5 Å². The Bertz CT molecular complexity index is 953. The van der Waals surface area contributed by atoms with Gasteiger partial charge in [0.2, 0.25) is 0 Å². The van der Waals surface area contributed by atoms with E-state index in [0.717, 1.165) is 51.2 Å². The van der Waals surface area contributed by atoms with Crippen LogP contribution in [0, 0.1) is 47.3 Å². The molecule has 0 amide bonds. The Morgan fingerprint density at radius 2 is 0.561 bits per heavy atom. The van der Waals surface area contributed by atoms with Crippen LogP contribution >= 0.6 is 0 Å². The van der Waals surface area contributed by atoms with Crippen LogP contribution in [0.4, 0.5) is 0 Å². The topological polar surface area (TPSA) is 96.2 Å². The second-order valence-electron chi connectivity index (χ2n) is 15.8. The maximum absolute atomic E-state index is 4.31. The fourth-order valence-electron chi connectivity index (χ4n) is 12.1. The fourth-order valence-corrected chi connectivity index (χ4v) is 14.2. The van der Waals surface area contributed by atoms with E-state index in [2.05, 4.69) is 42.5 Å². The van der Waals surface area contributed by atoms with E-state index < -0.39 is 0 Å². The third-order valence-corrected chi connectivity index (χ3v) is 16.2. The molecule has 4 saturated carbocycles. The van der Waals surface area contributed by atoms with Crippen molar-refractivity contribution in [3.8, 4) is 0 Å². The van der Waals surface area contributed by atoms with Crippen LogP contribution in [-0.2, 0) is 0 Å². The standard InChI is InChI=1S/C32H55N8.Sb.2H/c1-2-10-18-17(9-1)25-33-26(18)38-28-21-13-5-6-14-22(21)30(35-28)40-32-24-16-8-7-15-23(24)31(36-32)39-29-20-12-4-3-11-19(20)27(34-29)37-25;;;/h9,17-40H,1-8,10-16H2;;;. The zero-order valence-corrected chi connectivity index (χ0v) is 28.3. The van der Waals surface area contributed by atoms with Gasteiger partial charge in [-0.3, -0.25) is 0 Å². The third-order valence-electron chi connectivity index (χ3n) is 13.9. The van der Waals surface area contributed by atoms with E-state index in [1.807, 2.05) is 0 Å². The minimum atomic E-state index is 0.421. The van der Waals surface area contributed by atoms with Gasteiger partial charge in [0.1, 0.15) is 0 Å². The van der Waals surface area contributed by atoms with Gasteiger partial charge in [-0.25, -0.2) is 0 Å². The predicted molar refractivity (Wildman–Crippen MR) is 165 cm³/mol. The molecule has 5 heterocycles. The van der Waals surface area contributed by atoms with Gasteiger partial charge in [-0.1, -0.05) is 6.42 Å². The average Bonchev–Trinajstić information content (AvgIpc) is 3.73. The zero-order valence-electron chi connectivity index (χ0n) is 25.0. The van der Waals surface area contributed by atoms with Crippen molar-refractivity contribution in [2.75, 3.05) is 0 Å². The molecule has 230 valence electrons. The molecule has 8 N–H and O–H groups in total. The van der Waals surface area contributed by atoms with Crippen molar-refractivity contribution >= 4 is 23.0 Å². The summed E-state index contributed by atoms with van der Waals surface area (Å²) in [7, 11) is 0. The number of hydrogen-bond donors (Lipinski definition) is 8. The van der Waals surface area contributed by atoms with Crippen LogP contribution in [0.3, 0.4) is 0 Å². The molecular formula is C32H57N8Sb. The van der Waals surface area contributed by atoms with Gasteiger partial charge in [-0.05, 0) is 0 Å². The van der Waals surface area contributed by atoms with Crippen molar-refractivity contribution in [1.29, 1.82) is 0 Å². The van der Waals surface area contributed by atoms with Crippen molar-refractivity contribution in [2.24, 2.45) is 47.3 Å². The van der Waals surface area contributed by atoms with E-state index in [-0.39, 0.29) is 0 Å². The first kappa shape index (κ1) is 27.8. The first-order valence-electron chi connectivity index (χ1n) is 18.1. The van der Waals surface area contributed by atoms with Gasteiger partial charge in [0, 0.05) is 0 Å². The van der Waals surface area contributed by atoms with Crippen molar-refractivity contribution in [3.05, 3.63) is 0 Å². The molecule has 9 heteroatoms. The summed E-state index contributed by atoms with van der Waals surface area (Å²) in [5.74, 6) is 6.01. The molecule has 0 spiro atoms. The normalized spacial score (nSPS) is 58.3. The monoisotopic (exact) mass is 674 g/mol. The molecular weight excluding hydrogens is 618 g/mol. The predicted octanol–water partition coefficient (Wildman–Crippen LogP) is 1.64. The summed E-state index contributed by atoms with van der Waals surface area (Å²) in [4.78, 5) is 0. The molecule has 17 atom stereocenters. The summed E-state index contributed by atoms with van der Waals surface area (Å²) in [6, 6.07) is 0. The SMILES string of the molecule is [SbH2][CH]1CCCC2C3NC4NC(NC5NC(NC6NC(NC(N3)C12)C1CCCCC61)C1CCCCC51)C1CCCCC41. The molecule has 41 heavy (non-hydrogen) atoms. The van der Waals surface area contributed by atoms with Gasteiger partial charge in [-0.15, -0.1) is 0 Å². The molecule has 0 aromatic carbocycles. The van der Waals surface area contributed by atoms with Crippen LogP contribution in [0.2, 0.25) is 3.86 Å². The van der Waals surface area contributed by atoms with Gasteiger partial charge in [-0.2, -0.15) is 0 Å². The molecule has 0 aromatic heterocycles. The molecule has 5 saturated heterocycles. The van der Waals surface area contributed by atoms with Crippen molar-refractivity contribution in [2.45, 2.75) is 150 Å². The Hall–Kier alpha value is 0.498. The summed E-state index contributed by atoms with van der Waals surface area (Å²) < 4.78 is 0.909. The van der Waals surface area contributed by atoms with E-state index in [9.17, 15) is 0 Å². The van der Waals surface area contributed by atoms with Crippen LogP contribution in [0.5, 0.6) is 0 Å². The summed E-state index contributed by atoms with van der Waals surface area (Å²) >= 11 is 1.40. The van der Waals surface area contributed by atoms with Crippen LogP contribution in [0.25, 0.3) is 0 Å². The minimum absolute atomic E-state index is 0.421. The van der Waals surface area contributed by atoms with Gasteiger partial charge in [0.15, 0.2) is 0 Å². The summed E-state index contributed by atoms with van der Waals surface area (Å²) in [6.45, 7) is 0. The first-order chi connectivity index (χ1) is 20.2. The van der Waals surface area contributed by atoms with E-state index in [1.54, 1.807) is 0 Å². The number of hydrogen-bond acceptors (Lipinski definition) is 8. The van der Waals surface area contributed by atoms with E-state index in [1.165, 1.54) is 119 Å². The molecule has 8 bridgehead atoms. The number of rotatable bonds is 0. The summed E-state index contributed by atoms with van der Waals surface area (Å²) in [5, 5.41) is 34.0.